The Morgan fingerprint density at radius 3 is 2.52 bits per heavy atom. The van der Waals surface area contributed by atoms with E-state index in [-0.39, 0.29) is 15.8 Å². The molecule has 0 bridgehead atoms. The van der Waals surface area contributed by atoms with Crippen LogP contribution in [0.25, 0.3) is 0 Å². The van der Waals surface area contributed by atoms with Crippen LogP contribution in [0.5, 0.6) is 11.5 Å². The van der Waals surface area contributed by atoms with Crippen molar-refractivity contribution in [3.05, 3.63) is 52.0 Å². The molecule has 0 aliphatic heterocycles. The molecule has 5 heteroatoms. The number of halogens is 2. The first-order valence-corrected chi connectivity index (χ1v) is 7.49. The van der Waals surface area contributed by atoms with Crippen molar-refractivity contribution in [3.63, 3.8) is 0 Å². The van der Waals surface area contributed by atoms with Crippen molar-refractivity contribution in [2.24, 2.45) is 0 Å². The van der Waals surface area contributed by atoms with Crippen LogP contribution in [0.15, 0.2) is 36.4 Å². The van der Waals surface area contributed by atoms with Crippen LogP contribution in [-0.2, 0) is 6.54 Å². The fraction of sp³-hybridized carbons (Fsp3) is 0.250. The quantitative estimate of drug-likeness (QED) is 0.726. The molecule has 0 aliphatic rings. The van der Waals surface area contributed by atoms with Crippen LogP contribution >= 0.6 is 23.2 Å². The third-order valence-corrected chi connectivity index (χ3v) is 3.46. The summed E-state index contributed by atoms with van der Waals surface area (Å²) in [6, 6.07) is 11.2. The van der Waals surface area contributed by atoms with Gasteiger partial charge >= 0.3 is 0 Å². The van der Waals surface area contributed by atoms with Gasteiger partial charge in [-0.25, -0.2) is 0 Å². The van der Waals surface area contributed by atoms with Gasteiger partial charge < -0.3 is 15.2 Å². The minimum atomic E-state index is -0.0983. The molecule has 0 aromatic heterocycles. The molecule has 0 amide bonds. The summed E-state index contributed by atoms with van der Waals surface area (Å²) in [6.07, 6.45) is 0.979. The zero-order chi connectivity index (χ0) is 15.2. The van der Waals surface area contributed by atoms with Crippen LogP contribution in [0.4, 0.5) is 5.69 Å². The summed E-state index contributed by atoms with van der Waals surface area (Å²) in [5, 5.41) is 13.2. The van der Waals surface area contributed by atoms with Crippen molar-refractivity contribution in [3.8, 4) is 11.5 Å². The van der Waals surface area contributed by atoms with E-state index in [1.807, 2.05) is 24.3 Å². The fourth-order valence-electron chi connectivity index (χ4n) is 1.84. The number of aromatic hydroxyl groups is 1. The second-order valence-electron chi connectivity index (χ2n) is 4.64. The van der Waals surface area contributed by atoms with Gasteiger partial charge in [0.15, 0.2) is 5.75 Å². The molecule has 2 N–H and O–H groups in total. The lowest BCUT2D eigenvalue weighted by Gasteiger charge is -2.10. The lowest BCUT2D eigenvalue weighted by molar-refractivity contribution is 0.317. The SMILES string of the molecule is CCCOc1cccc(CNc2cc(Cl)c(O)c(Cl)c2)c1. The second kappa shape index (κ2) is 7.43. The van der Waals surface area contributed by atoms with Crippen LogP contribution in [0.1, 0.15) is 18.9 Å². The zero-order valence-corrected chi connectivity index (χ0v) is 13.2. The van der Waals surface area contributed by atoms with Crippen molar-refractivity contribution in [1.29, 1.82) is 0 Å². The van der Waals surface area contributed by atoms with Crippen molar-refractivity contribution in [2.75, 3.05) is 11.9 Å². The second-order valence-corrected chi connectivity index (χ2v) is 5.45. The summed E-state index contributed by atoms with van der Waals surface area (Å²) in [4.78, 5) is 0. The molecule has 0 aliphatic carbocycles. The highest BCUT2D eigenvalue weighted by atomic mass is 35.5. The predicted molar refractivity (Wildman–Crippen MR) is 87.7 cm³/mol. The maximum atomic E-state index is 9.53. The largest absolute Gasteiger partial charge is 0.505 e. The van der Waals surface area contributed by atoms with Gasteiger partial charge in [-0.2, -0.15) is 0 Å². The number of hydrogen-bond acceptors (Lipinski definition) is 3. The summed E-state index contributed by atoms with van der Waals surface area (Å²) in [5.41, 5.74) is 1.84. The normalized spacial score (nSPS) is 10.4. The number of hydrogen-bond donors (Lipinski definition) is 2. The minimum absolute atomic E-state index is 0.0983. The smallest absolute Gasteiger partial charge is 0.152 e. The van der Waals surface area contributed by atoms with E-state index in [0.717, 1.165) is 23.4 Å². The lowest BCUT2D eigenvalue weighted by Crippen LogP contribution is -2.01. The summed E-state index contributed by atoms with van der Waals surface area (Å²) in [7, 11) is 0. The molecular weight excluding hydrogens is 309 g/mol. The van der Waals surface area contributed by atoms with Gasteiger partial charge in [-0.3, -0.25) is 0 Å². The van der Waals surface area contributed by atoms with Crippen LogP contribution < -0.4 is 10.1 Å². The van der Waals surface area contributed by atoms with Crippen LogP contribution in [-0.4, -0.2) is 11.7 Å². The van der Waals surface area contributed by atoms with E-state index >= 15 is 0 Å². The molecule has 0 saturated heterocycles. The Hall–Kier alpha value is -1.58. The monoisotopic (exact) mass is 325 g/mol. The summed E-state index contributed by atoms with van der Waals surface area (Å²) in [5.74, 6) is 0.761. The summed E-state index contributed by atoms with van der Waals surface area (Å²) < 4.78 is 5.60. The molecular formula is C16H17Cl2NO2. The van der Waals surface area contributed by atoms with Crippen molar-refractivity contribution in [2.45, 2.75) is 19.9 Å². The Labute approximate surface area is 134 Å². The van der Waals surface area contributed by atoms with E-state index in [0.29, 0.717) is 13.2 Å². The first-order chi connectivity index (χ1) is 10.1. The molecule has 2 aromatic carbocycles. The number of nitrogens with one attached hydrogen (secondary N) is 1. The van der Waals surface area contributed by atoms with Gasteiger partial charge in [-0.15, -0.1) is 0 Å². The van der Waals surface area contributed by atoms with Crippen molar-refractivity contribution >= 4 is 28.9 Å². The highest BCUT2D eigenvalue weighted by molar-refractivity contribution is 6.37. The van der Waals surface area contributed by atoms with Crippen LogP contribution in [0.2, 0.25) is 10.0 Å². The van der Waals surface area contributed by atoms with Gasteiger partial charge in [0.2, 0.25) is 0 Å². The average Bonchev–Trinajstić information content (AvgIpc) is 2.49. The average molecular weight is 326 g/mol. The van der Waals surface area contributed by atoms with E-state index in [1.165, 1.54) is 0 Å². The molecule has 0 spiro atoms. The van der Waals surface area contributed by atoms with Gasteiger partial charge in [-0.05, 0) is 36.2 Å². The molecule has 0 saturated carbocycles. The molecule has 0 heterocycles. The third-order valence-electron chi connectivity index (χ3n) is 2.88. The predicted octanol–water partition coefficient (Wildman–Crippen LogP) is 5.10. The Morgan fingerprint density at radius 2 is 1.86 bits per heavy atom. The Morgan fingerprint density at radius 1 is 1.14 bits per heavy atom. The van der Waals surface area contributed by atoms with Gasteiger partial charge in [-0.1, -0.05) is 42.3 Å². The van der Waals surface area contributed by atoms with Gasteiger partial charge in [0, 0.05) is 12.2 Å². The van der Waals surface area contributed by atoms with E-state index in [9.17, 15) is 5.11 Å². The Kier molecular flexibility index (Phi) is 5.59. The third kappa shape index (κ3) is 4.45. The van der Waals surface area contributed by atoms with E-state index in [1.54, 1.807) is 12.1 Å². The molecule has 0 unspecified atom stereocenters. The highest BCUT2D eigenvalue weighted by Crippen LogP contribution is 2.34. The molecule has 21 heavy (non-hydrogen) atoms. The van der Waals surface area contributed by atoms with Crippen molar-refractivity contribution in [1.82, 2.24) is 0 Å². The summed E-state index contributed by atoms with van der Waals surface area (Å²) in [6.45, 7) is 3.39. The number of anilines is 1. The standard InChI is InChI=1S/C16H17Cl2NO2/c1-2-6-21-13-5-3-4-11(7-13)10-19-12-8-14(17)16(20)15(18)9-12/h3-5,7-9,19-20H,2,6,10H2,1H3. The molecule has 3 nitrogen and oxygen atoms in total. The maximum absolute atomic E-state index is 9.53. The first kappa shape index (κ1) is 15.8. The van der Waals surface area contributed by atoms with Gasteiger partial charge in [0.05, 0.1) is 16.7 Å². The van der Waals surface area contributed by atoms with E-state index in [4.69, 9.17) is 27.9 Å². The number of rotatable bonds is 6. The van der Waals surface area contributed by atoms with Crippen LogP contribution in [0.3, 0.4) is 0 Å². The van der Waals surface area contributed by atoms with Crippen LogP contribution in [0, 0.1) is 0 Å². The number of benzene rings is 2. The molecule has 0 atom stereocenters. The summed E-state index contributed by atoms with van der Waals surface area (Å²) >= 11 is 11.8. The number of phenolic OH excluding ortho intramolecular Hbond substituents is 1. The fourth-order valence-corrected chi connectivity index (χ4v) is 2.32. The topological polar surface area (TPSA) is 41.5 Å². The van der Waals surface area contributed by atoms with Gasteiger partial charge in [0.1, 0.15) is 5.75 Å². The number of ether oxygens (including phenoxy) is 1. The van der Waals surface area contributed by atoms with E-state index in [2.05, 4.69) is 12.2 Å². The molecule has 112 valence electrons. The Balaban J connectivity index is 2.03. The molecule has 0 fully saturated rings. The first-order valence-electron chi connectivity index (χ1n) is 6.73. The van der Waals surface area contributed by atoms with E-state index < -0.39 is 0 Å². The highest BCUT2D eigenvalue weighted by Gasteiger charge is 2.06. The van der Waals surface area contributed by atoms with Crippen molar-refractivity contribution < 1.29 is 9.84 Å². The molecule has 0 radical (unpaired) electrons. The molecule has 2 aromatic rings. The van der Waals surface area contributed by atoms with Gasteiger partial charge in [0.25, 0.3) is 0 Å². The Bertz CT molecular complexity index is 594. The zero-order valence-electron chi connectivity index (χ0n) is 11.7. The lowest BCUT2D eigenvalue weighted by atomic mass is 10.2. The number of phenols is 1. The molecule has 2 rings (SSSR count). The maximum Gasteiger partial charge on any atom is 0.152 e. The minimum Gasteiger partial charge on any atom is -0.505 e.